The zero-order valence-electron chi connectivity index (χ0n) is 15.3. The third kappa shape index (κ3) is 4.69. The van der Waals surface area contributed by atoms with E-state index in [9.17, 15) is 13.2 Å². The van der Waals surface area contributed by atoms with Gasteiger partial charge in [-0.15, -0.1) is 11.3 Å². The predicted octanol–water partition coefficient (Wildman–Crippen LogP) is 3.26. The first-order valence-corrected chi connectivity index (χ1v) is 11.5. The van der Waals surface area contributed by atoms with Crippen molar-refractivity contribution in [3.05, 3.63) is 40.3 Å². The van der Waals surface area contributed by atoms with Gasteiger partial charge in [-0.05, 0) is 67.7 Å². The summed E-state index contributed by atoms with van der Waals surface area (Å²) in [5.74, 6) is -0.373. The molecule has 0 fully saturated rings. The Morgan fingerprint density at radius 2 is 1.82 bits per heavy atom. The van der Waals surface area contributed by atoms with Crippen molar-refractivity contribution < 1.29 is 17.9 Å². The van der Waals surface area contributed by atoms with Gasteiger partial charge in [0.05, 0.1) is 17.6 Å². The first-order valence-electron chi connectivity index (χ1n) is 8.73. The van der Waals surface area contributed by atoms with Gasteiger partial charge >= 0.3 is 5.97 Å². The van der Waals surface area contributed by atoms with E-state index in [1.807, 2.05) is 0 Å². The van der Waals surface area contributed by atoms with Crippen molar-refractivity contribution in [1.82, 2.24) is 0 Å². The van der Waals surface area contributed by atoms with E-state index in [2.05, 4.69) is 10.6 Å². The Morgan fingerprint density at radius 3 is 2.46 bits per heavy atom. The molecule has 1 aliphatic rings. The van der Waals surface area contributed by atoms with Gasteiger partial charge in [-0.1, -0.05) is 6.42 Å². The number of aryl methyl sites for hydroxylation is 1. The minimum Gasteiger partial charge on any atom is -0.465 e. The number of carbonyl (C=O) groups is 1. The van der Waals surface area contributed by atoms with Crippen LogP contribution in [-0.2, 0) is 27.6 Å². The first kappa shape index (κ1) is 20.7. The van der Waals surface area contributed by atoms with E-state index >= 15 is 0 Å². The minimum absolute atomic E-state index is 0.0203. The number of fused-ring (bicyclic) bond motifs is 1. The van der Waals surface area contributed by atoms with Gasteiger partial charge in [-0.2, -0.15) is 0 Å². The lowest BCUT2D eigenvalue weighted by molar-refractivity contribution is 0.0601. The standard InChI is InChI=1S/C18H21N3O4S3/c1-25-17(22)15-13-5-3-2-4-6-14(13)27-16(15)21-18(26)20-11-7-9-12(10-8-11)28(19,23)24/h7-10H,2-6H2,1H3,(H2,19,23,24)(H2,20,21,26). The molecule has 0 unspecified atom stereocenters. The maximum absolute atomic E-state index is 12.4. The number of ether oxygens (including phenoxy) is 1. The zero-order valence-corrected chi connectivity index (χ0v) is 17.7. The monoisotopic (exact) mass is 439 g/mol. The summed E-state index contributed by atoms with van der Waals surface area (Å²) in [7, 11) is -2.37. The zero-order chi connectivity index (χ0) is 20.3. The summed E-state index contributed by atoms with van der Waals surface area (Å²) in [6.07, 6.45) is 5.10. The van der Waals surface area contributed by atoms with Gasteiger partial charge in [0.15, 0.2) is 5.11 Å². The van der Waals surface area contributed by atoms with Crippen LogP contribution in [0.25, 0.3) is 0 Å². The molecule has 2 aromatic rings. The van der Waals surface area contributed by atoms with E-state index in [1.165, 1.54) is 35.5 Å². The van der Waals surface area contributed by atoms with Crippen LogP contribution in [-0.4, -0.2) is 26.6 Å². The lowest BCUT2D eigenvalue weighted by Crippen LogP contribution is -2.20. The van der Waals surface area contributed by atoms with E-state index in [0.29, 0.717) is 21.4 Å². The first-order chi connectivity index (χ1) is 13.3. The SMILES string of the molecule is COC(=O)c1c(NC(=S)Nc2ccc(S(N)(=O)=O)cc2)sc2c1CCCCC2. The second-order valence-electron chi connectivity index (χ2n) is 6.41. The summed E-state index contributed by atoms with van der Waals surface area (Å²) in [4.78, 5) is 13.6. The Morgan fingerprint density at radius 1 is 1.14 bits per heavy atom. The van der Waals surface area contributed by atoms with Crippen molar-refractivity contribution in [3.8, 4) is 0 Å². The Bertz CT molecular complexity index is 998. The molecule has 3 rings (SSSR count). The van der Waals surface area contributed by atoms with Crippen LogP contribution in [0.1, 0.15) is 40.1 Å². The van der Waals surface area contributed by atoms with Crippen molar-refractivity contribution in [2.75, 3.05) is 17.7 Å². The lowest BCUT2D eigenvalue weighted by Gasteiger charge is -2.11. The summed E-state index contributed by atoms with van der Waals surface area (Å²) in [5.41, 5.74) is 2.21. The van der Waals surface area contributed by atoms with Crippen LogP contribution >= 0.6 is 23.6 Å². The average Bonchev–Trinajstić information content (AvgIpc) is 2.81. The molecule has 0 bridgehead atoms. The number of thiocarbonyl (C=S) groups is 1. The minimum atomic E-state index is -3.75. The van der Waals surface area contributed by atoms with Crippen LogP contribution in [0.5, 0.6) is 0 Å². The molecular weight excluding hydrogens is 418 g/mol. The number of carbonyl (C=O) groups excluding carboxylic acids is 1. The third-order valence-corrected chi connectivity index (χ3v) is 6.82. The van der Waals surface area contributed by atoms with Crippen molar-refractivity contribution in [1.29, 1.82) is 0 Å². The Kier molecular flexibility index (Phi) is 6.33. The molecule has 0 atom stereocenters. The highest BCUT2D eigenvalue weighted by atomic mass is 32.2. The predicted molar refractivity (Wildman–Crippen MR) is 115 cm³/mol. The lowest BCUT2D eigenvalue weighted by atomic mass is 10.1. The molecular formula is C18H21N3O4S3. The van der Waals surface area contributed by atoms with Crippen LogP contribution in [0, 0.1) is 0 Å². The van der Waals surface area contributed by atoms with Crippen molar-refractivity contribution in [2.45, 2.75) is 37.0 Å². The molecule has 1 aromatic heterocycles. The van der Waals surface area contributed by atoms with Crippen molar-refractivity contribution in [2.24, 2.45) is 5.14 Å². The fourth-order valence-electron chi connectivity index (χ4n) is 3.14. The third-order valence-electron chi connectivity index (χ3n) is 4.48. The summed E-state index contributed by atoms with van der Waals surface area (Å²) in [6, 6.07) is 5.93. The fourth-order valence-corrected chi connectivity index (χ4v) is 5.22. The van der Waals surface area contributed by atoms with Crippen LogP contribution in [0.4, 0.5) is 10.7 Å². The van der Waals surface area contributed by atoms with Gasteiger partial charge in [-0.25, -0.2) is 18.4 Å². The molecule has 0 amide bonds. The van der Waals surface area contributed by atoms with Gasteiger partial charge in [0.1, 0.15) is 5.00 Å². The number of esters is 1. The van der Waals surface area contributed by atoms with E-state index in [0.717, 1.165) is 37.7 Å². The normalized spacial score (nSPS) is 13.9. The number of methoxy groups -OCH3 is 1. The smallest absolute Gasteiger partial charge is 0.341 e. The van der Waals surface area contributed by atoms with E-state index in [1.54, 1.807) is 12.1 Å². The highest BCUT2D eigenvalue weighted by Crippen LogP contribution is 2.38. The van der Waals surface area contributed by atoms with Crippen LogP contribution in [0.3, 0.4) is 0 Å². The molecule has 0 saturated carbocycles. The second kappa shape index (κ2) is 8.56. The molecule has 4 N–H and O–H groups in total. The number of rotatable bonds is 4. The van der Waals surface area contributed by atoms with Crippen LogP contribution < -0.4 is 15.8 Å². The molecule has 10 heteroatoms. The topological polar surface area (TPSA) is 111 Å². The molecule has 0 aliphatic heterocycles. The van der Waals surface area contributed by atoms with Gasteiger partial charge < -0.3 is 15.4 Å². The number of hydrogen-bond acceptors (Lipinski definition) is 6. The molecule has 7 nitrogen and oxygen atoms in total. The number of nitrogens with two attached hydrogens (primary N) is 1. The van der Waals surface area contributed by atoms with E-state index in [4.69, 9.17) is 22.1 Å². The molecule has 0 radical (unpaired) electrons. The van der Waals surface area contributed by atoms with E-state index < -0.39 is 10.0 Å². The number of hydrogen-bond donors (Lipinski definition) is 3. The molecule has 1 heterocycles. The Hall–Kier alpha value is -2.01. The summed E-state index contributed by atoms with van der Waals surface area (Å²) in [5, 5.41) is 12.1. The molecule has 28 heavy (non-hydrogen) atoms. The highest BCUT2D eigenvalue weighted by molar-refractivity contribution is 7.89. The fraction of sp³-hybridized carbons (Fsp3) is 0.333. The molecule has 0 saturated heterocycles. The summed E-state index contributed by atoms with van der Waals surface area (Å²) < 4.78 is 27.7. The Balaban J connectivity index is 1.79. The largest absolute Gasteiger partial charge is 0.465 e. The van der Waals surface area contributed by atoms with Gasteiger partial charge in [0, 0.05) is 10.6 Å². The number of thiophene rings is 1. The van der Waals surface area contributed by atoms with Crippen molar-refractivity contribution in [3.63, 3.8) is 0 Å². The van der Waals surface area contributed by atoms with Gasteiger partial charge in [-0.3, -0.25) is 0 Å². The molecule has 1 aliphatic carbocycles. The maximum atomic E-state index is 12.4. The molecule has 0 spiro atoms. The van der Waals surface area contributed by atoms with Crippen LogP contribution in [0.15, 0.2) is 29.2 Å². The second-order valence-corrected chi connectivity index (χ2v) is 9.48. The highest BCUT2D eigenvalue weighted by Gasteiger charge is 2.25. The number of sulfonamides is 1. The van der Waals surface area contributed by atoms with Gasteiger partial charge in [0.25, 0.3) is 0 Å². The Labute approximate surface area is 173 Å². The number of nitrogens with one attached hydrogen (secondary N) is 2. The quantitative estimate of drug-likeness (QED) is 0.381. The average molecular weight is 440 g/mol. The van der Waals surface area contributed by atoms with Gasteiger partial charge in [0.2, 0.25) is 10.0 Å². The number of primary sulfonamides is 1. The molecule has 1 aromatic carbocycles. The maximum Gasteiger partial charge on any atom is 0.341 e. The molecule has 150 valence electrons. The summed E-state index contributed by atoms with van der Waals surface area (Å²) in [6.45, 7) is 0. The number of benzene rings is 1. The van der Waals surface area contributed by atoms with Crippen LogP contribution in [0.2, 0.25) is 0 Å². The summed E-state index contributed by atoms with van der Waals surface area (Å²) >= 11 is 6.89. The number of anilines is 2. The van der Waals surface area contributed by atoms with Crippen molar-refractivity contribution >= 4 is 55.3 Å². The van der Waals surface area contributed by atoms with E-state index in [-0.39, 0.29) is 10.9 Å².